The van der Waals surface area contributed by atoms with Gasteiger partial charge in [0, 0.05) is 23.7 Å². The van der Waals surface area contributed by atoms with E-state index in [9.17, 15) is 4.79 Å². The van der Waals surface area contributed by atoms with Gasteiger partial charge in [-0.25, -0.2) is 4.68 Å². The number of tetrazole rings is 1. The van der Waals surface area contributed by atoms with Crippen LogP contribution in [0, 0.1) is 13.8 Å². The Labute approximate surface area is 201 Å². The van der Waals surface area contributed by atoms with E-state index in [2.05, 4.69) is 69.1 Å². The molecule has 34 heavy (non-hydrogen) atoms. The lowest BCUT2D eigenvalue weighted by atomic mass is 10.0. The summed E-state index contributed by atoms with van der Waals surface area (Å²) in [6.07, 6.45) is 11.7. The summed E-state index contributed by atoms with van der Waals surface area (Å²) in [4.78, 5) is 18.9. The highest BCUT2D eigenvalue weighted by Crippen LogP contribution is 2.37. The molecule has 2 aliphatic rings. The lowest BCUT2D eigenvalue weighted by Gasteiger charge is -2.36. The van der Waals surface area contributed by atoms with Crippen molar-refractivity contribution in [3.8, 4) is 0 Å². The zero-order chi connectivity index (χ0) is 23.7. The van der Waals surface area contributed by atoms with Crippen LogP contribution in [-0.4, -0.2) is 36.1 Å². The summed E-state index contributed by atoms with van der Waals surface area (Å²) in [5, 5.41) is 14.3. The predicted molar refractivity (Wildman–Crippen MR) is 135 cm³/mol. The number of aromatic nitrogens is 5. The van der Waals surface area contributed by atoms with Gasteiger partial charge in [0.05, 0.1) is 12.1 Å². The smallest absolute Gasteiger partial charge is 0.252 e. The van der Waals surface area contributed by atoms with E-state index in [0.717, 1.165) is 48.0 Å². The molecule has 0 bridgehead atoms. The molecule has 0 amide bonds. The molecule has 2 fully saturated rings. The first-order valence-electron chi connectivity index (χ1n) is 13.2. The molecule has 0 radical (unpaired) electrons. The van der Waals surface area contributed by atoms with E-state index < -0.39 is 0 Å². The van der Waals surface area contributed by atoms with Crippen LogP contribution >= 0.6 is 0 Å². The molecule has 2 heterocycles. The minimum Gasteiger partial charge on any atom is -0.322 e. The van der Waals surface area contributed by atoms with Crippen molar-refractivity contribution in [3.05, 3.63) is 51.1 Å². The fraction of sp³-hybridized carbons (Fsp3) is 0.630. The Morgan fingerprint density at radius 2 is 1.76 bits per heavy atom. The van der Waals surface area contributed by atoms with Crippen molar-refractivity contribution in [2.45, 2.75) is 110 Å². The molecule has 0 aliphatic heterocycles. The number of benzene rings is 1. The van der Waals surface area contributed by atoms with Crippen LogP contribution in [0.5, 0.6) is 0 Å². The zero-order valence-corrected chi connectivity index (χ0v) is 20.9. The van der Waals surface area contributed by atoms with Gasteiger partial charge in [-0.2, -0.15) is 0 Å². The normalized spacial score (nSPS) is 18.5. The molecule has 7 nitrogen and oxygen atoms in total. The van der Waals surface area contributed by atoms with Crippen LogP contribution in [0.15, 0.2) is 23.0 Å². The summed E-state index contributed by atoms with van der Waals surface area (Å²) in [6.45, 7) is 7.08. The minimum absolute atomic E-state index is 0.0179. The molecule has 5 rings (SSSR count). The SMILES string of the molecule is CCC[C@H](c1nnnn1C1CCCC1)N(Cc1cc2cc(C)c(C)cc2[nH]c1=O)C1CCCC1. The molecule has 1 N–H and O–H groups in total. The highest BCUT2D eigenvalue weighted by molar-refractivity contribution is 5.80. The third kappa shape index (κ3) is 4.54. The number of aryl methyl sites for hydroxylation is 2. The average molecular weight is 463 g/mol. The molecule has 182 valence electrons. The van der Waals surface area contributed by atoms with Gasteiger partial charge in [-0.05, 0) is 91.1 Å². The second-order valence-electron chi connectivity index (χ2n) is 10.5. The van der Waals surface area contributed by atoms with E-state index in [1.807, 2.05) is 0 Å². The van der Waals surface area contributed by atoms with Crippen molar-refractivity contribution >= 4 is 10.9 Å². The molecule has 2 aliphatic carbocycles. The number of hydrogen-bond acceptors (Lipinski definition) is 5. The quantitative estimate of drug-likeness (QED) is 0.476. The van der Waals surface area contributed by atoms with Gasteiger partial charge in [0.25, 0.3) is 5.56 Å². The van der Waals surface area contributed by atoms with Crippen molar-refractivity contribution in [1.29, 1.82) is 0 Å². The topological polar surface area (TPSA) is 79.7 Å². The molecule has 1 atom stereocenters. The maximum Gasteiger partial charge on any atom is 0.252 e. The molecular formula is C27H38N6O. The van der Waals surface area contributed by atoms with E-state index in [0.29, 0.717) is 18.6 Å². The summed E-state index contributed by atoms with van der Waals surface area (Å²) >= 11 is 0. The number of pyridine rings is 1. The van der Waals surface area contributed by atoms with Crippen LogP contribution in [0.4, 0.5) is 0 Å². The Hall–Kier alpha value is -2.54. The number of nitrogens with one attached hydrogen (secondary N) is 1. The van der Waals surface area contributed by atoms with E-state index in [-0.39, 0.29) is 11.6 Å². The summed E-state index contributed by atoms with van der Waals surface area (Å²) < 4.78 is 2.12. The van der Waals surface area contributed by atoms with Crippen LogP contribution < -0.4 is 5.56 Å². The summed E-state index contributed by atoms with van der Waals surface area (Å²) in [5.41, 5.74) is 4.22. The van der Waals surface area contributed by atoms with Crippen molar-refractivity contribution in [1.82, 2.24) is 30.1 Å². The summed E-state index contributed by atoms with van der Waals surface area (Å²) in [7, 11) is 0. The highest BCUT2D eigenvalue weighted by Gasteiger charge is 2.34. The van der Waals surface area contributed by atoms with Gasteiger partial charge in [-0.3, -0.25) is 9.69 Å². The van der Waals surface area contributed by atoms with Gasteiger partial charge in [-0.1, -0.05) is 39.0 Å². The standard InChI is InChI=1S/C27H38N6O/c1-4-9-25(26-29-30-31-33(26)23-12-7-8-13-23)32(22-10-5-6-11-22)17-21-16-20-14-18(2)19(3)15-24(20)28-27(21)34/h14-16,22-23,25H,4-13,17H2,1-3H3,(H,28,34)/t25-/m1/s1. The average Bonchev–Trinajstić information content (AvgIpc) is 3.60. The Morgan fingerprint density at radius 3 is 2.50 bits per heavy atom. The van der Waals surface area contributed by atoms with E-state index in [4.69, 9.17) is 0 Å². The van der Waals surface area contributed by atoms with Gasteiger partial charge in [-0.15, -0.1) is 5.10 Å². The molecule has 7 heteroatoms. The molecule has 0 unspecified atom stereocenters. The van der Waals surface area contributed by atoms with Crippen LogP contribution in [0.1, 0.15) is 106 Å². The van der Waals surface area contributed by atoms with Crippen molar-refractivity contribution in [3.63, 3.8) is 0 Å². The number of nitrogens with zero attached hydrogens (tertiary/aromatic N) is 5. The van der Waals surface area contributed by atoms with E-state index >= 15 is 0 Å². The number of aromatic amines is 1. The number of hydrogen-bond donors (Lipinski definition) is 1. The first-order valence-corrected chi connectivity index (χ1v) is 13.2. The second-order valence-corrected chi connectivity index (χ2v) is 10.5. The predicted octanol–water partition coefficient (Wildman–Crippen LogP) is 5.53. The third-order valence-electron chi connectivity index (χ3n) is 8.13. The second kappa shape index (κ2) is 9.98. The maximum atomic E-state index is 13.2. The van der Waals surface area contributed by atoms with Crippen LogP contribution in [0.2, 0.25) is 0 Å². The molecule has 0 saturated heterocycles. The lowest BCUT2D eigenvalue weighted by Crippen LogP contribution is -2.39. The van der Waals surface area contributed by atoms with Crippen LogP contribution in [0.25, 0.3) is 10.9 Å². The van der Waals surface area contributed by atoms with Gasteiger partial charge >= 0.3 is 0 Å². The van der Waals surface area contributed by atoms with E-state index in [1.54, 1.807) is 0 Å². The highest BCUT2D eigenvalue weighted by atomic mass is 16.1. The Kier molecular flexibility index (Phi) is 6.82. The molecule has 2 aromatic heterocycles. The zero-order valence-electron chi connectivity index (χ0n) is 20.9. The van der Waals surface area contributed by atoms with Crippen molar-refractivity contribution < 1.29 is 0 Å². The molecule has 3 aromatic rings. The van der Waals surface area contributed by atoms with E-state index in [1.165, 1.54) is 49.7 Å². The lowest BCUT2D eigenvalue weighted by molar-refractivity contribution is 0.106. The third-order valence-corrected chi connectivity index (χ3v) is 8.13. The Balaban J connectivity index is 1.54. The van der Waals surface area contributed by atoms with Crippen molar-refractivity contribution in [2.24, 2.45) is 0 Å². The first kappa shape index (κ1) is 23.2. The molecule has 1 aromatic carbocycles. The fourth-order valence-electron chi connectivity index (χ4n) is 6.11. The fourth-order valence-corrected chi connectivity index (χ4v) is 6.11. The van der Waals surface area contributed by atoms with Gasteiger partial charge in [0.1, 0.15) is 0 Å². The maximum absolute atomic E-state index is 13.2. The van der Waals surface area contributed by atoms with Gasteiger partial charge in [0.15, 0.2) is 5.82 Å². The van der Waals surface area contributed by atoms with Crippen LogP contribution in [0.3, 0.4) is 0 Å². The van der Waals surface area contributed by atoms with Gasteiger partial charge < -0.3 is 4.98 Å². The van der Waals surface area contributed by atoms with Crippen LogP contribution in [-0.2, 0) is 6.54 Å². The minimum atomic E-state index is 0.0179. The number of fused-ring (bicyclic) bond motifs is 1. The molecular weight excluding hydrogens is 424 g/mol. The Bertz CT molecular complexity index is 1190. The Morgan fingerprint density at radius 1 is 1.06 bits per heavy atom. The van der Waals surface area contributed by atoms with Crippen molar-refractivity contribution in [2.75, 3.05) is 0 Å². The van der Waals surface area contributed by atoms with Gasteiger partial charge in [0.2, 0.25) is 0 Å². The molecule has 0 spiro atoms. The largest absolute Gasteiger partial charge is 0.322 e. The summed E-state index contributed by atoms with van der Waals surface area (Å²) in [5.74, 6) is 0.990. The number of H-pyrrole nitrogens is 1. The monoisotopic (exact) mass is 462 g/mol. The first-order chi connectivity index (χ1) is 16.5. The summed E-state index contributed by atoms with van der Waals surface area (Å²) in [6, 6.07) is 7.36. The number of rotatable bonds is 8. The molecule has 2 saturated carbocycles.